The smallest absolute Gasteiger partial charge is 0.305 e. The fourth-order valence-electron chi connectivity index (χ4n) is 1.13. The summed E-state index contributed by atoms with van der Waals surface area (Å²) in [6, 6.07) is 3.81. The van der Waals surface area contributed by atoms with Gasteiger partial charge in [-0.2, -0.15) is 0 Å². The number of methoxy groups -OCH3 is 1. The van der Waals surface area contributed by atoms with E-state index in [1.54, 1.807) is 0 Å². The fraction of sp³-hybridized carbons (Fsp3) is 0.300. The summed E-state index contributed by atoms with van der Waals surface area (Å²) in [5.41, 5.74) is 7.45. The lowest BCUT2D eigenvalue weighted by atomic mass is 10.1. The zero-order valence-electron chi connectivity index (χ0n) is 8.22. The number of ether oxygens (including phenoxy) is 1. The maximum absolute atomic E-state index is 11.0. The lowest BCUT2D eigenvalue weighted by molar-refractivity contribution is -0.140. The Kier molecular flexibility index (Phi) is 4.60. The van der Waals surface area contributed by atoms with Crippen LogP contribution < -0.4 is 5.73 Å². The molecule has 0 aliphatic rings. The molecule has 1 rings (SSSR count). The maximum atomic E-state index is 11.0. The van der Waals surface area contributed by atoms with E-state index in [2.05, 4.69) is 36.6 Å². The average molecular weight is 337 g/mol. The van der Waals surface area contributed by atoms with E-state index in [0.29, 0.717) is 18.5 Å². The summed E-state index contributed by atoms with van der Waals surface area (Å²) < 4.78 is 6.23. The molecule has 0 aromatic heterocycles. The molecule has 0 radical (unpaired) electrons. The number of carbonyl (C=O) groups is 1. The quantitative estimate of drug-likeness (QED) is 0.682. The fourth-order valence-corrected chi connectivity index (χ4v) is 2.41. The molecule has 2 N–H and O–H groups in total. The van der Waals surface area contributed by atoms with Gasteiger partial charge in [0.05, 0.1) is 12.8 Å². The van der Waals surface area contributed by atoms with Crippen molar-refractivity contribution in [2.75, 3.05) is 12.8 Å². The largest absolute Gasteiger partial charge is 0.469 e. The Labute approximate surface area is 105 Å². The first-order valence-electron chi connectivity index (χ1n) is 4.34. The standard InChI is InChI=1S/C10H11Br2NO2/c1-15-9(14)3-2-6-4-7(11)10(13)8(12)5-6/h4-5H,2-3,13H2,1H3. The molecule has 0 fully saturated rings. The molecule has 0 atom stereocenters. The molecule has 0 spiro atoms. The normalized spacial score (nSPS) is 10.1. The lowest BCUT2D eigenvalue weighted by Crippen LogP contribution is -2.02. The van der Waals surface area contributed by atoms with Crippen molar-refractivity contribution in [2.24, 2.45) is 0 Å². The molecular formula is C10H11Br2NO2. The first kappa shape index (κ1) is 12.5. The summed E-state index contributed by atoms with van der Waals surface area (Å²) >= 11 is 6.70. The maximum Gasteiger partial charge on any atom is 0.305 e. The highest BCUT2D eigenvalue weighted by Crippen LogP contribution is 2.29. The summed E-state index contributed by atoms with van der Waals surface area (Å²) in [7, 11) is 1.39. The molecule has 0 heterocycles. The highest BCUT2D eigenvalue weighted by atomic mass is 79.9. The Bertz CT molecular complexity index is 357. The number of benzene rings is 1. The van der Waals surface area contributed by atoms with Crippen LogP contribution in [0.1, 0.15) is 12.0 Å². The van der Waals surface area contributed by atoms with Crippen LogP contribution in [-0.2, 0) is 16.0 Å². The predicted molar refractivity (Wildman–Crippen MR) is 66.6 cm³/mol. The molecule has 15 heavy (non-hydrogen) atoms. The minimum atomic E-state index is -0.209. The number of carbonyl (C=O) groups excluding carboxylic acids is 1. The van der Waals surface area contributed by atoms with Crippen LogP contribution in [0.5, 0.6) is 0 Å². The molecular weight excluding hydrogens is 326 g/mol. The molecule has 1 aromatic rings. The van der Waals surface area contributed by atoms with Crippen molar-refractivity contribution in [3.8, 4) is 0 Å². The summed E-state index contributed by atoms with van der Waals surface area (Å²) in [6.07, 6.45) is 1.02. The number of nitrogen functional groups attached to an aromatic ring is 1. The van der Waals surface area contributed by atoms with Crippen LogP contribution in [0.15, 0.2) is 21.1 Å². The number of nitrogens with two attached hydrogens (primary N) is 1. The molecule has 1 aromatic carbocycles. The van der Waals surface area contributed by atoms with E-state index in [9.17, 15) is 4.79 Å². The van der Waals surface area contributed by atoms with Crippen molar-refractivity contribution in [3.05, 3.63) is 26.6 Å². The first-order chi connectivity index (χ1) is 7.04. The third-order valence-corrected chi connectivity index (χ3v) is 3.30. The molecule has 0 unspecified atom stereocenters. The Hall–Kier alpha value is -0.550. The van der Waals surface area contributed by atoms with Crippen molar-refractivity contribution in [1.29, 1.82) is 0 Å². The van der Waals surface area contributed by atoms with Crippen molar-refractivity contribution in [2.45, 2.75) is 12.8 Å². The van der Waals surface area contributed by atoms with Crippen molar-refractivity contribution in [3.63, 3.8) is 0 Å². The van der Waals surface area contributed by atoms with Gasteiger partial charge in [0, 0.05) is 15.4 Å². The summed E-state index contributed by atoms with van der Waals surface area (Å²) in [4.78, 5) is 11.0. The molecule has 0 saturated heterocycles. The van der Waals surface area contributed by atoms with E-state index < -0.39 is 0 Å². The van der Waals surface area contributed by atoms with E-state index >= 15 is 0 Å². The van der Waals surface area contributed by atoms with Crippen LogP contribution in [0.2, 0.25) is 0 Å². The number of rotatable bonds is 3. The number of halogens is 2. The second-order valence-electron chi connectivity index (χ2n) is 3.05. The van der Waals surface area contributed by atoms with Gasteiger partial charge in [-0.15, -0.1) is 0 Å². The van der Waals surface area contributed by atoms with Gasteiger partial charge in [0.15, 0.2) is 0 Å². The van der Waals surface area contributed by atoms with E-state index in [1.165, 1.54) is 7.11 Å². The zero-order valence-corrected chi connectivity index (χ0v) is 11.4. The highest BCUT2D eigenvalue weighted by molar-refractivity contribution is 9.11. The highest BCUT2D eigenvalue weighted by Gasteiger charge is 2.06. The molecule has 0 saturated carbocycles. The number of hydrogen-bond acceptors (Lipinski definition) is 3. The summed E-state index contributed by atoms with van der Waals surface area (Å²) in [6.45, 7) is 0. The monoisotopic (exact) mass is 335 g/mol. The van der Waals surface area contributed by atoms with Crippen LogP contribution in [0.3, 0.4) is 0 Å². The number of hydrogen-bond donors (Lipinski definition) is 1. The Morgan fingerprint density at radius 2 is 1.93 bits per heavy atom. The van der Waals surface area contributed by atoms with Gasteiger partial charge in [-0.3, -0.25) is 4.79 Å². The number of aryl methyl sites for hydroxylation is 1. The molecule has 0 bridgehead atoms. The number of anilines is 1. The van der Waals surface area contributed by atoms with E-state index in [0.717, 1.165) is 14.5 Å². The van der Waals surface area contributed by atoms with Crippen LogP contribution in [0, 0.1) is 0 Å². The summed E-state index contributed by atoms with van der Waals surface area (Å²) in [5, 5.41) is 0. The van der Waals surface area contributed by atoms with Crippen LogP contribution in [0.25, 0.3) is 0 Å². The molecule has 0 amide bonds. The second kappa shape index (κ2) is 5.51. The van der Waals surface area contributed by atoms with Crippen molar-refractivity contribution < 1.29 is 9.53 Å². The van der Waals surface area contributed by atoms with Gasteiger partial charge in [0.2, 0.25) is 0 Å². The predicted octanol–water partition coefficient (Wildman–Crippen LogP) is 2.90. The van der Waals surface area contributed by atoms with E-state index in [4.69, 9.17) is 5.73 Å². The summed E-state index contributed by atoms with van der Waals surface area (Å²) in [5.74, 6) is -0.209. The van der Waals surface area contributed by atoms with Crippen LogP contribution in [0.4, 0.5) is 5.69 Å². The third-order valence-electron chi connectivity index (χ3n) is 1.98. The lowest BCUT2D eigenvalue weighted by Gasteiger charge is -2.06. The van der Waals surface area contributed by atoms with Gasteiger partial charge in [0.25, 0.3) is 0 Å². The van der Waals surface area contributed by atoms with Crippen LogP contribution >= 0.6 is 31.9 Å². The minimum Gasteiger partial charge on any atom is -0.469 e. The van der Waals surface area contributed by atoms with Gasteiger partial charge in [-0.1, -0.05) is 0 Å². The number of esters is 1. The van der Waals surface area contributed by atoms with Gasteiger partial charge in [0.1, 0.15) is 0 Å². The third kappa shape index (κ3) is 3.50. The Balaban J connectivity index is 2.75. The Morgan fingerprint density at radius 3 is 2.40 bits per heavy atom. The zero-order chi connectivity index (χ0) is 11.4. The van der Waals surface area contributed by atoms with E-state index in [1.807, 2.05) is 12.1 Å². The first-order valence-corrected chi connectivity index (χ1v) is 5.93. The Morgan fingerprint density at radius 1 is 1.40 bits per heavy atom. The second-order valence-corrected chi connectivity index (χ2v) is 4.76. The van der Waals surface area contributed by atoms with E-state index in [-0.39, 0.29) is 5.97 Å². The van der Waals surface area contributed by atoms with Crippen LogP contribution in [-0.4, -0.2) is 13.1 Å². The van der Waals surface area contributed by atoms with Crippen molar-refractivity contribution in [1.82, 2.24) is 0 Å². The van der Waals surface area contributed by atoms with Gasteiger partial charge in [-0.25, -0.2) is 0 Å². The molecule has 5 heteroatoms. The molecule has 3 nitrogen and oxygen atoms in total. The molecule has 82 valence electrons. The minimum absolute atomic E-state index is 0.209. The van der Waals surface area contributed by atoms with Crippen molar-refractivity contribution >= 4 is 43.5 Å². The van der Waals surface area contributed by atoms with Gasteiger partial charge >= 0.3 is 5.97 Å². The molecule has 0 aliphatic carbocycles. The average Bonchev–Trinajstić information content (AvgIpc) is 2.22. The SMILES string of the molecule is COC(=O)CCc1cc(Br)c(N)c(Br)c1. The molecule has 0 aliphatic heterocycles. The van der Waals surface area contributed by atoms with Gasteiger partial charge in [-0.05, 0) is 56.0 Å². The topological polar surface area (TPSA) is 52.3 Å². The van der Waals surface area contributed by atoms with Gasteiger partial charge < -0.3 is 10.5 Å².